The lowest BCUT2D eigenvalue weighted by molar-refractivity contribution is -0.143. The number of thiophene rings is 1. The van der Waals surface area contributed by atoms with Crippen molar-refractivity contribution in [2.24, 2.45) is 0 Å². The monoisotopic (exact) mass is 760 g/mol. The van der Waals surface area contributed by atoms with Crippen LogP contribution >= 0.6 is 11.3 Å². The molecule has 3 aromatic rings. The first kappa shape index (κ1) is 39.6. The first-order chi connectivity index (χ1) is 25.8. The lowest BCUT2D eigenvalue weighted by atomic mass is 10.0. The minimum atomic E-state index is -1.51. The highest BCUT2D eigenvalue weighted by atomic mass is 32.1. The minimum absolute atomic E-state index is 0.0589. The largest absolute Gasteiger partial charge is 0.484 e. The van der Waals surface area contributed by atoms with Crippen LogP contribution in [0.15, 0.2) is 66.0 Å². The van der Waals surface area contributed by atoms with Crippen molar-refractivity contribution in [1.82, 2.24) is 31.5 Å². The van der Waals surface area contributed by atoms with Crippen LogP contribution in [0.2, 0.25) is 0 Å². The normalized spacial score (nSPS) is 23.7. The summed E-state index contributed by atoms with van der Waals surface area (Å²) in [6.07, 6.45) is -0.957. The van der Waals surface area contributed by atoms with E-state index < -0.39 is 78.4 Å². The van der Waals surface area contributed by atoms with Crippen LogP contribution in [0.5, 0.6) is 5.75 Å². The van der Waals surface area contributed by atoms with Gasteiger partial charge in [-0.1, -0.05) is 42.5 Å². The molecule has 0 unspecified atom stereocenters. The number of Topliss-reactive ketones (excluding diaryl/α,β-unsaturated/α-hetero) is 1. The van der Waals surface area contributed by atoms with Gasteiger partial charge in [0.25, 0.3) is 11.8 Å². The minimum Gasteiger partial charge on any atom is -0.484 e. The van der Waals surface area contributed by atoms with Crippen molar-refractivity contribution in [3.63, 3.8) is 0 Å². The fourth-order valence-corrected chi connectivity index (χ4v) is 7.03. The number of ketones is 1. The summed E-state index contributed by atoms with van der Waals surface area (Å²) in [4.78, 5) is 94.7. The van der Waals surface area contributed by atoms with E-state index in [0.717, 1.165) is 22.5 Å². The molecule has 6 N–H and O–H groups in total. The van der Waals surface area contributed by atoms with Crippen molar-refractivity contribution in [2.75, 3.05) is 19.7 Å². The summed E-state index contributed by atoms with van der Waals surface area (Å²) in [7, 11) is 0. The summed E-state index contributed by atoms with van der Waals surface area (Å²) in [5.74, 6) is -3.65. The van der Waals surface area contributed by atoms with Crippen LogP contribution < -0.4 is 31.3 Å². The molecular weight excluding hydrogens is 717 g/mol. The molecule has 0 saturated carbocycles. The van der Waals surface area contributed by atoms with Gasteiger partial charge >= 0.3 is 0 Å². The van der Waals surface area contributed by atoms with Crippen molar-refractivity contribution in [2.45, 2.75) is 76.3 Å². The van der Waals surface area contributed by atoms with Gasteiger partial charge in [0, 0.05) is 30.9 Å². The highest BCUT2D eigenvalue weighted by molar-refractivity contribution is 7.12. The number of amides is 6. The summed E-state index contributed by atoms with van der Waals surface area (Å²) in [6, 6.07) is 11.7. The molecule has 1 fully saturated rings. The van der Waals surface area contributed by atoms with E-state index in [1.165, 1.54) is 37.1 Å². The Balaban J connectivity index is 1.46. The molecule has 1 aromatic heterocycles. The maximum Gasteiger partial charge on any atom is 0.258 e. The van der Waals surface area contributed by atoms with Crippen LogP contribution in [-0.4, -0.2) is 107 Å². The predicted molar refractivity (Wildman–Crippen MR) is 198 cm³/mol. The fourth-order valence-electron chi connectivity index (χ4n) is 6.24. The zero-order valence-corrected chi connectivity index (χ0v) is 30.9. The fraction of sp³-hybridized carbons (Fsp3) is 0.395. The van der Waals surface area contributed by atoms with E-state index in [-0.39, 0.29) is 37.3 Å². The van der Waals surface area contributed by atoms with Gasteiger partial charge in [0.2, 0.25) is 23.6 Å². The van der Waals surface area contributed by atoms with Gasteiger partial charge in [0.1, 0.15) is 29.9 Å². The summed E-state index contributed by atoms with van der Waals surface area (Å²) in [6.45, 7) is 3.86. The Labute approximate surface area is 316 Å². The lowest BCUT2D eigenvalue weighted by Crippen LogP contribution is -2.60. The first-order valence-corrected chi connectivity index (χ1v) is 18.5. The Morgan fingerprint density at radius 1 is 0.981 bits per heavy atom. The van der Waals surface area contributed by atoms with Gasteiger partial charge in [-0.2, -0.15) is 0 Å². The Bertz CT molecular complexity index is 1870. The van der Waals surface area contributed by atoms with Gasteiger partial charge in [-0.25, -0.2) is 0 Å². The first-order valence-electron chi connectivity index (χ1n) is 17.6. The predicted octanol–water partition coefficient (Wildman–Crippen LogP) is 0.499. The molecule has 0 spiro atoms. The number of nitrogens with one attached hydrogen (secondary N) is 5. The van der Waals surface area contributed by atoms with Gasteiger partial charge in [0.15, 0.2) is 12.4 Å². The van der Waals surface area contributed by atoms with Gasteiger partial charge < -0.3 is 41.3 Å². The maximum absolute atomic E-state index is 14.5. The average molecular weight is 761 g/mol. The Kier molecular flexibility index (Phi) is 13.2. The van der Waals surface area contributed by atoms with Crippen LogP contribution in [0.3, 0.4) is 0 Å². The van der Waals surface area contributed by atoms with Gasteiger partial charge in [-0.3, -0.25) is 33.6 Å². The Morgan fingerprint density at radius 2 is 1.70 bits per heavy atom. The molecule has 3 aliphatic rings. The van der Waals surface area contributed by atoms with Crippen molar-refractivity contribution in [3.8, 4) is 5.75 Å². The molecule has 6 atom stereocenters. The topological polar surface area (TPSA) is 212 Å². The summed E-state index contributed by atoms with van der Waals surface area (Å²) >= 11 is 1.11. The molecule has 0 aliphatic carbocycles. The van der Waals surface area contributed by atoms with Crippen molar-refractivity contribution >= 4 is 52.6 Å². The molecule has 286 valence electrons. The third-order valence-electron chi connectivity index (χ3n) is 9.17. The zero-order valence-electron chi connectivity index (χ0n) is 30.1. The number of benzene rings is 2. The van der Waals surface area contributed by atoms with Crippen LogP contribution in [0.4, 0.5) is 0 Å². The van der Waals surface area contributed by atoms with Crippen LogP contribution in [-0.2, 0) is 36.8 Å². The molecule has 2 aromatic carbocycles. The summed E-state index contributed by atoms with van der Waals surface area (Å²) in [5, 5.41) is 25.6. The molecule has 6 amide bonds. The Hall–Kier alpha value is -5.61. The number of rotatable bonds is 6. The van der Waals surface area contributed by atoms with E-state index in [4.69, 9.17) is 4.74 Å². The highest BCUT2D eigenvalue weighted by Gasteiger charge is 2.44. The smallest absolute Gasteiger partial charge is 0.258 e. The molecule has 3 aliphatic heterocycles. The number of carbonyl (C=O) groups is 7. The van der Waals surface area contributed by atoms with Gasteiger partial charge in [-0.05, 0) is 62.9 Å². The molecule has 6 rings (SSSR count). The van der Waals surface area contributed by atoms with E-state index in [1.54, 1.807) is 48.5 Å². The quantitative estimate of drug-likeness (QED) is 0.152. The third-order valence-corrected chi connectivity index (χ3v) is 10.2. The zero-order chi connectivity index (χ0) is 38.9. The van der Waals surface area contributed by atoms with Crippen LogP contribution in [0, 0.1) is 0 Å². The number of ether oxygens (including phenoxy) is 1. The molecule has 4 heterocycles. The van der Waals surface area contributed by atoms with E-state index in [1.807, 2.05) is 6.07 Å². The molecule has 2 bridgehead atoms. The van der Waals surface area contributed by atoms with E-state index >= 15 is 0 Å². The molecule has 0 radical (unpaired) electrons. The highest BCUT2D eigenvalue weighted by Crippen LogP contribution is 2.23. The number of hydrogen-bond acceptors (Lipinski definition) is 10. The second kappa shape index (κ2) is 17.9. The second-order valence-electron chi connectivity index (χ2n) is 13.4. The van der Waals surface area contributed by atoms with Crippen LogP contribution in [0.1, 0.15) is 58.3 Å². The maximum atomic E-state index is 14.5. The molecule has 1 saturated heterocycles. The van der Waals surface area contributed by atoms with E-state index in [0.29, 0.717) is 17.0 Å². The average Bonchev–Trinajstić information content (AvgIpc) is 3.81. The summed E-state index contributed by atoms with van der Waals surface area (Å²) < 4.78 is 5.71. The standard InChI is InChI=1S/C38H44N6O9S/c1-21-34(48)39-14-13-24-9-11-28(12-10-24)53-19-32(47)42-29(15-25-7-5-4-6-8-25)38(52)44-18-27(41-35(49)26-16-31(22(2)45)54-20-26)17-30(44)36(50)43-33(23(3)46)37(51)40-21/h4-12,16,20-21,23,27,29-30,33,46H,13-15,17-19H2,1-3H3,(H,39,48)(H,40,51)(H,41,49)(H,42,47)(H,43,50)/t21-,23+,27-,29-,30-,33-/m0/s1. The van der Waals surface area contributed by atoms with E-state index in [9.17, 15) is 38.7 Å². The molecule has 16 heteroatoms. The number of aliphatic hydroxyl groups excluding tert-OH is 1. The molecular formula is C38H44N6O9S. The second-order valence-corrected chi connectivity index (χ2v) is 14.3. The van der Waals surface area contributed by atoms with E-state index in [2.05, 4.69) is 26.6 Å². The lowest BCUT2D eigenvalue weighted by Gasteiger charge is -2.30. The number of nitrogens with zero attached hydrogens (tertiary/aromatic N) is 1. The number of aliphatic hydroxyl groups is 1. The third kappa shape index (κ3) is 10.3. The number of carbonyl (C=O) groups excluding carboxylic acids is 7. The molecule has 54 heavy (non-hydrogen) atoms. The number of fused-ring (bicyclic) bond motifs is 16. The van der Waals surface area contributed by atoms with Crippen molar-refractivity contribution < 1.29 is 43.4 Å². The number of hydrogen-bond donors (Lipinski definition) is 6. The van der Waals surface area contributed by atoms with Gasteiger partial charge in [0.05, 0.1) is 16.5 Å². The molecule has 15 nitrogen and oxygen atoms in total. The Morgan fingerprint density at radius 3 is 2.37 bits per heavy atom. The van der Waals surface area contributed by atoms with Crippen molar-refractivity contribution in [1.29, 1.82) is 0 Å². The van der Waals surface area contributed by atoms with Crippen molar-refractivity contribution in [3.05, 3.63) is 87.6 Å². The van der Waals surface area contributed by atoms with Gasteiger partial charge in [-0.15, -0.1) is 11.3 Å². The van der Waals surface area contributed by atoms with Crippen LogP contribution in [0.25, 0.3) is 0 Å². The SMILES string of the molecule is CC(=O)c1cc(C(=O)N[C@H]2C[C@H]3C(=O)N[C@@H]([C@@H](C)O)C(=O)N[C@@H](C)C(=O)NCCc4ccc(cc4)OCC(=O)N[C@@H](Cc4ccccc4)C(=O)N3C2)cs1. The summed E-state index contributed by atoms with van der Waals surface area (Å²) in [5.41, 5.74) is 1.84.